The molecule has 0 bridgehead atoms. The first-order chi connectivity index (χ1) is 31.2. The number of fused-ring (bicyclic) bond motifs is 2. The SMILES string of the molecule is CC1(C)CCC(CN2CCN(c3ccc(C(=O)NS(=O)(=O)c4ccc(OCC5CCC(O)CC5)c([N+](=O)[O-])c4)c(N4CCOc5nc6[nH]ccc6cc54)c3)CC2)=C(c2ccc(Cl)cc2)C1. The van der Waals surface area contributed by atoms with E-state index in [2.05, 4.69) is 50.5 Å². The summed E-state index contributed by atoms with van der Waals surface area (Å²) in [6, 6.07) is 20.8. The summed E-state index contributed by atoms with van der Waals surface area (Å²) < 4.78 is 41.8. The Morgan fingerprint density at radius 1 is 1.00 bits per heavy atom. The number of halogens is 1. The van der Waals surface area contributed by atoms with Gasteiger partial charge >= 0.3 is 5.69 Å². The quantitative estimate of drug-likeness (QED) is 0.0803. The van der Waals surface area contributed by atoms with Crippen molar-refractivity contribution in [3.05, 3.63) is 111 Å². The fourth-order valence-electron chi connectivity index (χ4n) is 9.57. The van der Waals surface area contributed by atoms with E-state index in [1.165, 1.54) is 28.8 Å². The lowest BCUT2D eigenvalue weighted by atomic mass is 9.72. The maximum absolute atomic E-state index is 14.3. The lowest BCUT2D eigenvalue weighted by Crippen LogP contribution is -2.47. The topological polar surface area (TPSA) is 183 Å². The number of H-pyrrole nitrogens is 1. The molecule has 2 aliphatic heterocycles. The second kappa shape index (κ2) is 18.3. The molecule has 0 spiro atoms. The van der Waals surface area contributed by atoms with Crippen LogP contribution >= 0.6 is 11.6 Å². The van der Waals surface area contributed by atoms with Crippen LogP contribution in [0.25, 0.3) is 16.6 Å². The Morgan fingerprint density at radius 3 is 2.52 bits per heavy atom. The molecule has 0 atom stereocenters. The van der Waals surface area contributed by atoms with Gasteiger partial charge in [-0.3, -0.25) is 19.8 Å². The molecule has 342 valence electrons. The standard InChI is InChI=1S/C48H54ClN7O8S/c1-48(2)17-15-34(40(28-48)32-5-7-35(49)8-6-32)29-53-19-21-54(22-20-53)36-9-13-39(41(26-36)55-23-24-63-47-43(55)25-33-16-18-50-45(33)51-47)46(58)52-65(61,62)38-12-14-44(42(27-38)56(59)60)64-30-31-3-10-37(57)11-4-31/h5-9,12-14,16,18,25-27,31,37,57H,3-4,10-11,15,17,19-24,28-30H2,1-2H3,(H,50,51)(H,52,58). The minimum absolute atomic E-state index is 0.0703. The van der Waals surface area contributed by atoms with Gasteiger partial charge in [-0.2, -0.15) is 4.98 Å². The fraction of sp³-hybridized carbons (Fsp3) is 0.417. The van der Waals surface area contributed by atoms with Crippen LogP contribution in [0.3, 0.4) is 0 Å². The number of aliphatic hydroxyl groups is 1. The van der Waals surface area contributed by atoms with Gasteiger partial charge in [-0.25, -0.2) is 13.1 Å². The number of nitrogens with zero attached hydrogens (tertiary/aromatic N) is 5. The first kappa shape index (κ1) is 44.5. The summed E-state index contributed by atoms with van der Waals surface area (Å²) in [5, 5.41) is 23.6. The van der Waals surface area contributed by atoms with Crippen LogP contribution in [0.15, 0.2) is 89.5 Å². The van der Waals surface area contributed by atoms with Crippen molar-refractivity contribution >= 4 is 66.9 Å². The number of aromatic amines is 1. The number of nitro benzene ring substituents is 1. The van der Waals surface area contributed by atoms with Crippen LogP contribution in [0.2, 0.25) is 5.02 Å². The molecular formula is C48H54ClN7O8S. The number of carbonyl (C=O) groups excluding carboxylic acids is 1. The van der Waals surface area contributed by atoms with E-state index in [0.717, 1.165) is 87.0 Å². The van der Waals surface area contributed by atoms with Crippen molar-refractivity contribution < 1.29 is 32.7 Å². The van der Waals surface area contributed by atoms with Gasteiger partial charge < -0.3 is 29.4 Å². The van der Waals surface area contributed by atoms with Crippen molar-refractivity contribution in [1.82, 2.24) is 19.6 Å². The van der Waals surface area contributed by atoms with Crippen LogP contribution in [-0.2, 0) is 10.0 Å². The summed E-state index contributed by atoms with van der Waals surface area (Å²) in [6.45, 7) is 9.50. The van der Waals surface area contributed by atoms with Gasteiger partial charge in [0.2, 0.25) is 5.88 Å². The van der Waals surface area contributed by atoms with Crippen molar-refractivity contribution in [3.63, 3.8) is 0 Å². The predicted octanol–water partition coefficient (Wildman–Crippen LogP) is 8.49. The van der Waals surface area contributed by atoms with Crippen molar-refractivity contribution in [1.29, 1.82) is 0 Å². The number of sulfonamides is 1. The molecule has 1 saturated heterocycles. The van der Waals surface area contributed by atoms with Crippen molar-refractivity contribution in [2.75, 3.05) is 62.3 Å². The number of pyridine rings is 1. The maximum Gasteiger partial charge on any atom is 0.312 e. The summed E-state index contributed by atoms with van der Waals surface area (Å²) in [6.07, 6.45) is 7.33. The number of hydrogen-bond acceptors (Lipinski definition) is 12. The van der Waals surface area contributed by atoms with Crippen LogP contribution in [0.1, 0.15) is 74.7 Å². The van der Waals surface area contributed by atoms with E-state index >= 15 is 0 Å². The molecule has 4 aliphatic rings. The highest BCUT2D eigenvalue weighted by atomic mass is 35.5. The van der Waals surface area contributed by atoms with E-state index in [1.54, 1.807) is 12.3 Å². The second-order valence-corrected chi connectivity index (χ2v) is 20.5. The Kier molecular flexibility index (Phi) is 12.5. The second-order valence-electron chi connectivity index (χ2n) is 18.4. The molecule has 9 rings (SSSR count). The molecule has 3 aromatic carbocycles. The van der Waals surface area contributed by atoms with Crippen LogP contribution < -0.4 is 24.0 Å². The predicted molar refractivity (Wildman–Crippen MR) is 251 cm³/mol. The molecule has 0 unspecified atom stereocenters. The largest absolute Gasteiger partial charge is 0.487 e. The monoisotopic (exact) mass is 923 g/mol. The molecule has 1 amide bonds. The van der Waals surface area contributed by atoms with E-state index in [-0.39, 0.29) is 42.0 Å². The summed E-state index contributed by atoms with van der Waals surface area (Å²) in [5.41, 5.74) is 6.50. The van der Waals surface area contributed by atoms with Crippen molar-refractivity contribution in [3.8, 4) is 11.6 Å². The molecule has 2 aliphatic carbocycles. The van der Waals surface area contributed by atoms with Gasteiger partial charge in [0, 0.05) is 61.1 Å². The average Bonchev–Trinajstić information content (AvgIpc) is 3.76. The molecule has 1 saturated carbocycles. The number of rotatable bonds is 12. The van der Waals surface area contributed by atoms with Crippen LogP contribution in [-0.4, -0.2) is 97.8 Å². The fourth-order valence-corrected chi connectivity index (χ4v) is 10.7. The number of aliphatic hydroxyl groups excluding tert-OH is 1. The van der Waals surface area contributed by atoms with E-state index in [1.807, 2.05) is 41.3 Å². The number of piperazine rings is 1. The van der Waals surface area contributed by atoms with E-state index in [0.29, 0.717) is 42.3 Å². The van der Waals surface area contributed by atoms with Crippen molar-refractivity contribution in [2.24, 2.45) is 11.3 Å². The van der Waals surface area contributed by atoms with E-state index < -0.39 is 31.4 Å². The number of aromatic nitrogens is 2. The molecule has 4 heterocycles. The zero-order valence-corrected chi connectivity index (χ0v) is 38.2. The number of hydrogen-bond donors (Lipinski definition) is 3. The number of allylic oxidation sites excluding steroid dienone is 1. The molecule has 5 aromatic rings. The van der Waals surface area contributed by atoms with Gasteiger partial charge in [0.05, 0.1) is 40.3 Å². The number of nitro groups is 1. The van der Waals surface area contributed by atoms with Gasteiger partial charge in [-0.1, -0.05) is 43.2 Å². The molecule has 2 aromatic heterocycles. The van der Waals surface area contributed by atoms with Crippen LogP contribution in [0.4, 0.5) is 22.7 Å². The molecule has 3 N–H and O–H groups in total. The van der Waals surface area contributed by atoms with Crippen LogP contribution in [0, 0.1) is 21.4 Å². The lowest BCUT2D eigenvalue weighted by molar-refractivity contribution is -0.386. The highest BCUT2D eigenvalue weighted by molar-refractivity contribution is 7.90. The number of amides is 1. The van der Waals surface area contributed by atoms with E-state index in [9.17, 15) is 28.4 Å². The van der Waals surface area contributed by atoms with Gasteiger partial charge in [-0.15, -0.1) is 0 Å². The molecule has 0 radical (unpaired) electrons. The highest BCUT2D eigenvalue weighted by Crippen LogP contribution is 2.44. The maximum atomic E-state index is 14.3. The Morgan fingerprint density at radius 2 is 1.77 bits per heavy atom. The normalized spacial score (nSPS) is 20.3. The molecule has 2 fully saturated rings. The molecule has 65 heavy (non-hydrogen) atoms. The Labute approximate surface area is 383 Å². The number of carbonyl (C=O) groups is 1. The number of benzene rings is 3. The number of anilines is 3. The molecule has 15 nitrogen and oxygen atoms in total. The average molecular weight is 925 g/mol. The van der Waals surface area contributed by atoms with Gasteiger partial charge in [0.15, 0.2) is 5.75 Å². The zero-order chi connectivity index (χ0) is 45.5. The van der Waals surface area contributed by atoms with E-state index in [4.69, 9.17) is 21.1 Å². The summed E-state index contributed by atoms with van der Waals surface area (Å²) in [7, 11) is -4.60. The Balaban J connectivity index is 0.969. The Hall–Kier alpha value is -5.68. The first-order valence-electron chi connectivity index (χ1n) is 22.3. The van der Waals surface area contributed by atoms with Crippen molar-refractivity contribution in [2.45, 2.75) is 69.8 Å². The molecular weight excluding hydrogens is 870 g/mol. The summed E-state index contributed by atoms with van der Waals surface area (Å²) >= 11 is 6.26. The smallest absolute Gasteiger partial charge is 0.312 e. The first-order valence-corrected chi connectivity index (χ1v) is 24.2. The van der Waals surface area contributed by atoms with Crippen LogP contribution in [0.5, 0.6) is 11.6 Å². The van der Waals surface area contributed by atoms with Gasteiger partial charge in [-0.05, 0) is 122 Å². The Bertz CT molecular complexity index is 2740. The lowest BCUT2D eigenvalue weighted by Gasteiger charge is -2.39. The summed E-state index contributed by atoms with van der Waals surface area (Å²) in [4.78, 5) is 39.8. The van der Waals surface area contributed by atoms with Gasteiger partial charge in [0.1, 0.15) is 17.9 Å². The number of ether oxygens (including phenoxy) is 2. The minimum atomic E-state index is -4.60. The summed E-state index contributed by atoms with van der Waals surface area (Å²) in [5.74, 6) is -0.485. The number of nitrogens with one attached hydrogen (secondary N) is 2. The third-order valence-electron chi connectivity index (χ3n) is 13.3. The zero-order valence-electron chi connectivity index (χ0n) is 36.6. The van der Waals surface area contributed by atoms with Gasteiger partial charge in [0.25, 0.3) is 15.9 Å². The molecule has 17 heteroatoms. The minimum Gasteiger partial charge on any atom is -0.487 e. The third kappa shape index (κ3) is 9.81. The third-order valence-corrected chi connectivity index (χ3v) is 14.9. The highest BCUT2D eigenvalue weighted by Gasteiger charge is 2.33.